The van der Waals surface area contributed by atoms with Gasteiger partial charge in [-0.15, -0.1) is 0 Å². The van der Waals surface area contributed by atoms with E-state index in [4.69, 9.17) is 14.2 Å². The van der Waals surface area contributed by atoms with Gasteiger partial charge in [-0.05, 0) is 32.3 Å². The van der Waals surface area contributed by atoms with E-state index in [0.29, 0.717) is 5.57 Å². The largest absolute Gasteiger partial charge is 0.463 e. The first-order valence-electron chi connectivity index (χ1n) is 11.5. The highest BCUT2D eigenvalue weighted by atomic mass is 16.6. The number of hydrogen-bond acceptors (Lipinski definition) is 10. The Labute approximate surface area is 194 Å². The average molecular weight is 475 g/mol. The van der Waals surface area contributed by atoms with Gasteiger partial charge < -0.3 is 40.0 Å². The zero-order valence-corrected chi connectivity index (χ0v) is 19.6. The maximum atomic E-state index is 12.5. The molecule has 33 heavy (non-hydrogen) atoms. The fourth-order valence-electron chi connectivity index (χ4n) is 4.20. The van der Waals surface area contributed by atoms with Gasteiger partial charge in [0.25, 0.3) is 0 Å². The Bertz CT molecular complexity index is 683. The molecular formula is C22H38N2O9. The van der Waals surface area contributed by atoms with E-state index in [1.165, 1.54) is 6.92 Å². The highest BCUT2D eigenvalue weighted by molar-refractivity contribution is 5.89. The van der Waals surface area contributed by atoms with Gasteiger partial charge in [-0.1, -0.05) is 13.8 Å². The lowest BCUT2D eigenvalue weighted by Crippen LogP contribution is -2.67. The van der Waals surface area contributed by atoms with Crippen LogP contribution in [0.4, 0.5) is 0 Å². The summed E-state index contributed by atoms with van der Waals surface area (Å²) in [4.78, 5) is 24.5. The van der Waals surface area contributed by atoms with E-state index in [1.807, 2.05) is 13.8 Å². The lowest BCUT2D eigenvalue weighted by molar-refractivity contribution is -0.239. The van der Waals surface area contributed by atoms with Gasteiger partial charge in [-0.2, -0.15) is 0 Å². The number of ether oxygens (including phenoxy) is 3. The molecule has 190 valence electrons. The van der Waals surface area contributed by atoms with Gasteiger partial charge in [-0.3, -0.25) is 10.1 Å². The van der Waals surface area contributed by atoms with Gasteiger partial charge in [0.05, 0.1) is 31.5 Å². The summed E-state index contributed by atoms with van der Waals surface area (Å²) in [7, 11) is 0. The van der Waals surface area contributed by atoms with Crippen molar-refractivity contribution in [3.8, 4) is 0 Å². The van der Waals surface area contributed by atoms with Crippen molar-refractivity contribution in [1.29, 1.82) is 0 Å². The van der Waals surface area contributed by atoms with Gasteiger partial charge in [0.2, 0.25) is 5.91 Å². The van der Waals surface area contributed by atoms with Gasteiger partial charge in [0, 0.05) is 18.5 Å². The number of amides is 1. The number of rotatable bonds is 10. The van der Waals surface area contributed by atoms with Crippen molar-refractivity contribution in [2.45, 2.75) is 102 Å². The van der Waals surface area contributed by atoms with Crippen LogP contribution in [0, 0.1) is 0 Å². The van der Waals surface area contributed by atoms with Gasteiger partial charge in [-0.25, -0.2) is 4.79 Å². The summed E-state index contributed by atoms with van der Waals surface area (Å²) in [5.41, 5.74) is 0.344. The summed E-state index contributed by atoms with van der Waals surface area (Å²) in [6.45, 7) is 6.63. The van der Waals surface area contributed by atoms with Crippen molar-refractivity contribution >= 4 is 11.9 Å². The predicted molar refractivity (Wildman–Crippen MR) is 117 cm³/mol. The average Bonchev–Trinajstić information content (AvgIpc) is 2.79. The second kappa shape index (κ2) is 12.7. The summed E-state index contributed by atoms with van der Waals surface area (Å²) < 4.78 is 17.0. The molecule has 0 bridgehead atoms. The number of carbonyl (C=O) groups is 2. The topological polar surface area (TPSA) is 167 Å². The van der Waals surface area contributed by atoms with E-state index in [9.17, 15) is 30.0 Å². The molecule has 0 aromatic carbocycles. The van der Waals surface area contributed by atoms with E-state index in [1.54, 1.807) is 13.0 Å². The highest BCUT2D eigenvalue weighted by Crippen LogP contribution is 2.27. The van der Waals surface area contributed by atoms with Crippen molar-refractivity contribution in [2.75, 3.05) is 13.2 Å². The normalized spacial score (nSPS) is 34.6. The summed E-state index contributed by atoms with van der Waals surface area (Å²) in [5, 5.41) is 46.0. The maximum absolute atomic E-state index is 12.5. The quantitative estimate of drug-likeness (QED) is 0.210. The molecule has 2 aliphatic rings. The Morgan fingerprint density at radius 1 is 1.15 bits per heavy atom. The van der Waals surface area contributed by atoms with Crippen LogP contribution in [0.2, 0.25) is 0 Å². The molecule has 1 saturated heterocycles. The van der Waals surface area contributed by atoms with Crippen molar-refractivity contribution < 1.29 is 44.2 Å². The fraction of sp³-hybridized carbons (Fsp3) is 0.818. The predicted octanol–water partition coefficient (Wildman–Crippen LogP) is -1.28. The van der Waals surface area contributed by atoms with Gasteiger partial charge in [0.15, 0.2) is 0 Å². The molecule has 0 saturated carbocycles. The smallest absolute Gasteiger partial charge is 0.333 e. The lowest BCUT2D eigenvalue weighted by atomic mass is 9.86. The van der Waals surface area contributed by atoms with Crippen LogP contribution in [-0.2, 0) is 23.8 Å². The summed E-state index contributed by atoms with van der Waals surface area (Å²) in [6, 6.07) is -1.28. The molecule has 0 aromatic heterocycles. The number of hydrogen-bond donors (Lipinski definition) is 6. The van der Waals surface area contributed by atoms with E-state index in [2.05, 4.69) is 10.6 Å². The van der Waals surface area contributed by atoms with E-state index >= 15 is 0 Å². The molecule has 1 aliphatic heterocycles. The molecule has 1 fully saturated rings. The molecule has 2 unspecified atom stereocenters. The SMILES string of the molecule is CCOC(=O)C1=C[C@@H](OC(CC)CC)[C@H](NC(C)=O)C(NC2O[C@@H](CO)[C@H](O)[C@@H](O)[C@@H]2O)C1. The number of aliphatic hydroxyl groups excluding tert-OH is 4. The van der Waals surface area contributed by atoms with Crippen LogP contribution in [0.3, 0.4) is 0 Å². The Hall–Kier alpha value is -1.60. The van der Waals surface area contributed by atoms with Crippen LogP contribution in [0.1, 0.15) is 47.0 Å². The molecule has 1 aliphatic carbocycles. The fourth-order valence-corrected chi connectivity index (χ4v) is 4.20. The van der Waals surface area contributed by atoms with E-state index in [-0.39, 0.29) is 25.0 Å². The molecule has 0 spiro atoms. The number of carbonyl (C=O) groups excluding carboxylic acids is 2. The molecule has 2 rings (SSSR count). The lowest BCUT2D eigenvalue weighted by Gasteiger charge is -2.44. The number of esters is 1. The summed E-state index contributed by atoms with van der Waals surface area (Å²) >= 11 is 0. The minimum absolute atomic E-state index is 0.114. The van der Waals surface area contributed by atoms with Crippen LogP contribution in [0.15, 0.2) is 11.6 Å². The second-order valence-corrected chi connectivity index (χ2v) is 8.40. The monoisotopic (exact) mass is 474 g/mol. The zero-order valence-electron chi connectivity index (χ0n) is 19.6. The first-order chi connectivity index (χ1) is 15.7. The van der Waals surface area contributed by atoms with Crippen LogP contribution in [0.5, 0.6) is 0 Å². The standard InChI is InChI=1S/C22H38N2O9/c1-5-13(6-2)32-15-9-12(22(30)31-7-3)8-14(17(15)23-11(4)26)24-21-20(29)19(28)18(27)16(10-25)33-21/h9,13-21,24-25,27-29H,5-8,10H2,1-4H3,(H,23,26)/t14?,15-,16+,17-,18+,19-,20+,21?/m1/s1. The Morgan fingerprint density at radius 3 is 2.36 bits per heavy atom. The molecule has 6 N–H and O–H groups in total. The van der Waals surface area contributed by atoms with E-state index < -0.39 is 61.4 Å². The molecule has 11 nitrogen and oxygen atoms in total. The third kappa shape index (κ3) is 6.95. The summed E-state index contributed by atoms with van der Waals surface area (Å²) in [6.07, 6.45) is -4.40. The number of nitrogens with one attached hydrogen (secondary N) is 2. The van der Waals surface area contributed by atoms with Gasteiger partial charge in [0.1, 0.15) is 30.6 Å². The van der Waals surface area contributed by atoms with Crippen molar-refractivity contribution in [3.63, 3.8) is 0 Å². The van der Waals surface area contributed by atoms with Crippen molar-refractivity contribution in [1.82, 2.24) is 10.6 Å². The van der Waals surface area contributed by atoms with Gasteiger partial charge >= 0.3 is 5.97 Å². The Kier molecular flexibility index (Phi) is 10.7. The van der Waals surface area contributed by atoms with Crippen LogP contribution >= 0.6 is 0 Å². The molecule has 0 radical (unpaired) electrons. The second-order valence-electron chi connectivity index (χ2n) is 8.40. The van der Waals surface area contributed by atoms with Crippen LogP contribution < -0.4 is 10.6 Å². The molecule has 0 aromatic rings. The molecule has 8 atom stereocenters. The molecular weight excluding hydrogens is 436 g/mol. The van der Waals surface area contributed by atoms with Crippen molar-refractivity contribution in [2.24, 2.45) is 0 Å². The first kappa shape index (κ1) is 27.6. The zero-order chi connectivity index (χ0) is 24.7. The van der Waals surface area contributed by atoms with Crippen LogP contribution in [-0.4, -0.2) is 100 Å². The van der Waals surface area contributed by atoms with Crippen LogP contribution in [0.25, 0.3) is 0 Å². The minimum atomic E-state index is -1.56. The Morgan fingerprint density at radius 2 is 1.82 bits per heavy atom. The molecule has 1 amide bonds. The van der Waals surface area contributed by atoms with Crippen molar-refractivity contribution in [3.05, 3.63) is 11.6 Å². The van der Waals surface area contributed by atoms with E-state index in [0.717, 1.165) is 12.8 Å². The first-order valence-corrected chi connectivity index (χ1v) is 11.5. The number of aliphatic hydroxyl groups is 4. The Balaban J connectivity index is 2.36. The summed E-state index contributed by atoms with van der Waals surface area (Å²) in [5.74, 6) is -0.829. The maximum Gasteiger partial charge on any atom is 0.333 e. The third-order valence-corrected chi connectivity index (χ3v) is 6.03. The molecule has 1 heterocycles. The minimum Gasteiger partial charge on any atom is -0.463 e. The highest BCUT2D eigenvalue weighted by Gasteiger charge is 2.46. The third-order valence-electron chi connectivity index (χ3n) is 6.03. The molecule has 11 heteroatoms.